The fraction of sp³-hybridized carbons (Fsp3) is 0.235. The molecule has 1 saturated heterocycles. The molecule has 1 aromatic carbocycles. The average molecular weight is 325 g/mol. The van der Waals surface area contributed by atoms with Gasteiger partial charge in [-0.15, -0.1) is 11.3 Å². The van der Waals surface area contributed by atoms with Gasteiger partial charge in [0.1, 0.15) is 0 Å². The number of amides is 1. The van der Waals surface area contributed by atoms with Crippen LogP contribution in [0.3, 0.4) is 0 Å². The fourth-order valence-corrected chi connectivity index (χ4v) is 3.51. The first-order chi connectivity index (χ1) is 11.3. The monoisotopic (exact) mass is 325 g/mol. The van der Waals surface area contributed by atoms with Gasteiger partial charge >= 0.3 is 0 Å². The molecule has 1 amide bonds. The Morgan fingerprint density at radius 3 is 2.87 bits per heavy atom. The molecule has 4 rings (SSSR count). The Kier molecular flexibility index (Phi) is 3.67. The van der Waals surface area contributed by atoms with Gasteiger partial charge in [-0.2, -0.15) is 4.98 Å². The predicted octanol–water partition coefficient (Wildman–Crippen LogP) is 3.31. The van der Waals surface area contributed by atoms with Gasteiger partial charge in [0.2, 0.25) is 17.6 Å². The minimum atomic E-state index is -0.0209. The Morgan fingerprint density at radius 2 is 2.09 bits per heavy atom. The van der Waals surface area contributed by atoms with Crippen molar-refractivity contribution >= 4 is 17.2 Å². The molecular formula is C17H15N3O2S. The third-order valence-corrected chi connectivity index (χ3v) is 4.83. The maximum atomic E-state index is 12.2. The molecule has 0 N–H and O–H groups in total. The van der Waals surface area contributed by atoms with Gasteiger partial charge < -0.3 is 9.42 Å². The van der Waals surface area contributed by atoms with Crippen LogP contribution in [0.5, 0.6) is 0 Å². The van der Waals surface area contributed by atoms with E-state index in [0.717, 1.165) is 5.56 Å². The molecule has 0 bridgehead atoms. The van der Waals surface area contributed by atoms with E-state index in [1.165, 1.54) is 4.88 Å². The first kappa shape index (κ1) is 14.1. The highest BCUT2D eigenvalue weighted by Gasteiger charge is 2.34. The standard InChI is InChI=1S/C17H15N3O2S/c21-15-9-13(10-20(15)11-14-7-4-8-23-14)17-18-16(19-22-17)12-5-2-1-3-6-12/h1-8,13H,9-11H2/t13-/m1/s1. The summed E-state index contributed by atoms with van der Waals surface area (Å²) >= 11 is 1.66. The minimum Gasteiger partial charge on any atom is -0.339 e. The Labute approximate surface area is 137 Å². The van der Waals surface area contributed by atoms with Crippen LogP contribution in [-0.2, 0) is 11.3 Å². The van der Waals surface area contributed by atoms with E-state index in [2.05, 4.69) is 10.1 Å². The fourth-order valence-electron chi connectivity index (χ4n) is 2.79. The van der Waals surface area contributed by atoms with Crippen molar-refractivity contribution < 1.29 is 9.32 Å². The van der Waals surface area contributed by atoms with E-state index in [1.807, 2.05) is 52.7 Å². The Morgan fingerprint density at radius 1 is 1.22 bits per heavy atom. The van der Waals surface area contributed by atoms with Crippen LogP contribution in [0.25, 0.3) is 11.4 Å². The molecular weight excluding hydrogens is 310 g/mol. The van der Waals surface area contributed by atoms with E-state index >= 15 is 0 Å². The Bertz CT molecular complexity index is 798. The number of nitrogens with zero attached hydrogens (tertiary/aromatic N) is 3. The summed E-state index contributed by atoms with van der Waals surface area (Å²) in [4.78, 5) is 19.7. The SMILES string of the molecule is O=C1C[C@@H](c2nc(-c3ccccc3)no2)CN1Cc1cccs1. The number of likely N-dealkylation sites (tertiary alicyclic amines) is 1. The molecule has 1 aliphatic rings. The quantitative estimate of drug-likeness (QED) is 0.738. The lowest BCUT2D eigenvalue weighted by Gasteiger charge is -2.14. The number of benzene rings is 1. The lowest BCUT2D eigenvalue weighted by Crippen LogP contribution is -2.23. The Balaban J connectivity index is 1.49. The highest BCUT2D eigenvalue weighted by Crippen LogP contribution is 2.30. The van der Waals surface area contributed by atoms with Gasteiger partial charge in [0, 0.05) is 23.4 Å². The van der Waals surface area contributed by atoms with Gasteiger partial charge in [-0.05, 0) is 11.4 Å². The number of hydrogen-bond donors (Lipinski definition) is 0. The van der Waals surface area contributed by atoms with Crippen molar-refractivity contribution in [1.29, 1.82) is 0 Å². The van der Waals surface area contributed by atoms with Crippen LogP contribution in [0.1, 0.15) is 23.1 Å². The smallest absolute Gasteiger partial charge is 0.232 e. The summed E-state index contributed by atoms with van der Waals surface area (Å²) in [6.07, 6.45) is 0.432. The molecule has 116 valence electrons. The molecule has 5 nitrogen and oxygen atoms in total. The van der Waals surface area contributed by atoms with E-state index in [0.29, 0.717) is 31.2 Å². The molecule has 0 saturated carbocycles. The summed E-state index contributed by atoms with van der Waals surface area (Å²) in [6, 6.07) is 13.8. The van der Waals surface area contributed by atoms with Crippen LogP contribution >= 0.6 is 11.3 Å². The molecule has 3 heterocycles. The molecule has 1 aliphatic heterocycles. The zero-order valence-corrected chi connectivity index (χ0v) is 13.2. The highest BCUT2D eigenvalue weighted by atomic mass is 32.1. The van der Waals surface area contributed by atoms with Crippen LogP contribution in [-0.4, -0.2) is 27.5 Å². The number of carbonyl (C=O) groups excluding carboxylic acids is 1. The van der Waals surface area contributed by atoms with Crippen molar-refractivity contribution in [2.24, 2.45) is 0 Å². The molecule has 2 aromatic heterocycles. The topological polar surface area (TPSA) is 59.2 Å². The first-order valence-electron chi connectivity index (χ1n) is 7.49. The number of thiophene rings is 1. The van der Waals surface area contributed by atoms with E-state index in [9.17, 15) is 4.79 Å². The molecule has 0 aliphatic carbocycles. The minimum absolute atomic E-state index is 0.0209. The summed E-state index contributed by atoms with van der Waals surface area (Å²) in [6.45, 7) is 1.29. The average Bonchev–Trinajstić information content (AvgIpc) is 3.31. The summed E-state index contributed by atoms with van der Waals surface area (Å²) in [7, 11) is 0. The second-order valence-electron chi connectivity index (χ2n) is 5.58. The van der Waals surface area contributed by atoms with Crippen LogP contribution in [0.15, 0.2) is 52.4 Å². The van der Waals surface area contributed by atoms with Gasteiger partial charge in [0.05, 0.1) is 12.5 Å². The molecule has 3 aromatic rings. The van der Waals surface area contributed by atoms with Gasteiger partial charge in [-0.1, -0.05) is 41.6 Å². The second kappa shape index (κ2) is 5.96. The summed E-state index contributed by atoms with van der Waals surface area (Å²) in [5, 5.41) is 6.07. The summed E-state index contributed by atoms with van der Waals surface area (Å²) < 4.78 is 5.40. The van der Waals surface area contributed by atoms with Crippen LogP contribution < -0.4 is 0 Å². The maximum Gasteiger partial charge on any atom is 0.232 e. The lowest BCUT2D eigenvalue weighted by molar-refractivity contribution is -0.128. The van der Waals surface area contributed by atoms with Crippen LogP contribution in [0.2, 0.25) is 0 Å². The molecule has 1 atom stereocenters. The molecule has 1 fully saturated rings. The predicted molar refractivity (Wildman–Crippen MR) is 86.8 cm³/mol. The molecule has 0 radical (unpaired) electrons. The second-order valence-corrected chi connectivity index (χ2v) is 6.61. The van der Waals surface area contributed by atoms with Crippen LogP contribution in [0.4, 0.5) is 0 Å². The van der Waals surface area contributed by atoms with E-state index in [4.69, 9.17) is 4.52 Å². The normalized spacial score (nSPS) is 17.8. The number of carbonyl (C=O) groups is 1. The summed E-state index contributed by atoms with van der Waals surface area (Å²) in [5.41, 5.74) is 0.919. The molecule has 0 spiro atoms. The maximum absolute atomic E-state index is 12.2. The third kappa shape index (κ3) is 2.90. The van der Waals surface area contributed by atoms with Crippen molar-refractivity contribution in [3.05, 3.63) is 58.6 Å². The van der Waals surface area contributed by atoms with Crippen molar-refractivity contribution in [2.75, 3.05) is 6.54 Å². The summed E-state index contributed by atoms with van der Waals surface area (Å²) in [5.74, 6) is 1.24. The molecule has 23 heavy (non-hydrogen) atoms. The zero-order valence-electron chi connectivity index (χ0n) is 12.4. The van der Waals surface area contributed by atoms with Crippen molar-refractivity contribution in [3.63, 3.8) is 0 Å². The number of hydrogen-bond acceptors (Lipinski definition) is 5. The van der Waals surface area contributed by atoms with Gasteiger partial charge in [-0.3, -0.25) is 4.79 Å². The van der Waals surface area contributed by atoms with Crippen molar-refractivity contribution in [2.45, 2.75) is 18.9 Å². The number of rotatable bonds is 4. The molecule has 0 unspecified atom stereocenters. The van der Waals surface area contributed by atoms with E-state index < -0.39 is 0 Å². The lowest BCUT2D eigenvalue weighted by atomic mass is 10.1. The van der Waals surface area contributed by atoms with Crippen LogP contribution in [0, 0.1) is 0 Å². The number of aromatic nitrogens is 2. The first-order valence-corrected chi connectivity index (χ1v) is 8.37. The van der Waals surface area contributed by atoms with Gasteiger partial charge in [-0.25, -0.2) is 0 Å². The zero-order chi connectivity index (χ0) is 15.6. The van der Waals surface area contributed by atoms with Gasteiger partial charge in [0.25, 0.3) is 0 Å². The van der Waals surface area contributed by atoms with Crippen molar-refractivity contribution in [1.82, 2.24) is 15.0 Å². The Hall–Kier alpha value is -2.47. The van der Waals surface area contributed by atoms with Crippen molar-refractivity contribution in [3.8, 4) is 11.4 Å². The highest BCUT2D eigenvalue weighted by molar-refractivity contribution is 7.09. The largest absolute Gasteiger partial charge is 0.339 e. The molecule has 6 heteroatoms. The van der Waals surface area contributed by atoms with Gasteiger partial charge in [0.15, 0.2) is 0 Å². The van der Waals surface area contributed by atoms with E-state index in [1.54, 1.807) is 11.3 Å². The van der Waals surface area contributed by atoms with E-state index in [-0.39, 0.29) is 11.8 Å². The third-order valence-electron chi connectivity index (χ3n) is 3.96.